The van der Waals surface area contributed by atoms with Gasteiger partial charge in [0.25, 0.3) is 0 Å². The van der Waals surface area contributed by atoms with Crippen molar-refractivity contribution in [3.05, 3.63) is 11.4 Å². The monoisotopic (exact) mass is 281 g/mol. The average molecular weight is 281 g/mol. The highest BCUT2D eigenvalue weighted by molar-refractivity contribution is 7.39. The van der Waals surface area contributed by atoms with E-state index in [0.29, 0.717) is 12.3 Å². The maximum Gasteiger partial charge on any atom is 0.226 e. The summed E-state index contributed by atoms with van der Waals surface area (Å²) in [4.78, 5) is 16.2. The van der Waals surface area contributed by atoms with Crippen LogP contribution in [0.4, 0.5) is 5.13 Å². The van der Waals surface area contributed by atoms with E-state index in [1.54, 1.807) is 22.7 Å². The Morgan fingerprint density at radius 2 is 2.56 bits per heavy atom. The largest absolute Gasteiger partial charge is 0.316 e. The molecule has 3 rings (SSSR count). The first kappa shape index (κ1) is 12.1. The van der Waals surface area contributed by atoms with Crippen molar-refractivity contribution in [3.63, 3.8) is 0 Å². The molecule has 6 heteroatoms. The zero-order chi connectivity index (χ0) is 12.4. The van der Waals surface area contributed by atoms with Gasteiger partial charge in [0.2, 0.25) is 5.91 Å². The Hall–Kier alpha value is -0.980. The number of thiophene rings is 1. The highest BCUT2D eigenvalue weighted by atomic mass is 32.2. The maximum atomic E-state index is 11.8. The summed E-state index contributed by atoms with van der Waals surface area (Å²) in [5.74, 6) is 0.749. The van der Waals surface area contributed by atoms with Crippen molar-refractivity contribution in [1.29, 1.82) is 0 Å². The van der Waals surface area contributed by atoms with Gasteiger partial charge in [0, 0.05) is 6.42 Å². The quantitative estimate of drug-likeness (QED) is 0.906. The molecule has 1 unspecified atom stereocenters. The number of anilines is 1. The van der Waals surface area contributed by atoms with Crippen LogP contribution in [0.2, 0.25) is 0 Å². The number of carbonyl (C=O) groups excluding carboxylic acids is 1. The Morgan fingerprint density at radius 3 is 3.33 bits per heavy atom. The molecule has 0 bridgehead atoms. The lowest BCUT2D eigenvalue weighted by Gasteiger charge is -2.06. The van der Waals surface area contributed by atoms with Crippen LogP contribution in [-0.2, 0) is 4.79 Å². The second-order valence-electron chi connectivity index (χ2n) is 4.56. The summed E-state index contributed by atoms with van der Waals surface area (Å²) in [7, 11) is 0. The summed E-state index contributed by atoms with van der Waals surface area (Å²) in [5.41, 5.74) is 0.986. The third-order valence-corrected chi connectivity index (χ3v) is 5.23. The normalized spacial score (nSPS) is 19.4. The predicted molar refractivity (Wildman–Crippen MR) is 76.3 cm³/mol. The van der Waals surface area contributed by atoms with Gasteiger partial charge >= 0.3 is 0 Å². The van der Waals surface area contributed by atoms with Crippen molar-refractivity contribution in [2.75, 3.05) is 18.4 Å². The Morgan fingerprint density at radius 1 is 1.61 bits per heavy atom. The van der Waals surface area contributed by atoms with Gasteiger partial charge < -0.3 is 10.6 Å². The van der Waals surface area contributed by atoms with E-state index in [4.69, 9.17) is 0 Å². The first-order chi connectivity index (χ1) is 8.81. The van der Waals surface area contributed by atoms with E-state index in [2.05, 4.69) is 15.6 Å². The molecule has 2 N–H and O–H groups in total. The lowest BCUT2D eigenvalue weighted by atomic mass is 10.0. The Kier molecular flexibility index (Phi) is 3.58. The van der Waals surface area contributed by atoms with Crippen molar-refractivity contribution >= 4 is 43.2 Å². The summed E-state index contributed by atoms with van der Waals surface area (Å²) in [5, 5.41) is 8.96. The van der Waals surface area contributed by atoms with Gasteiger partial charge in [-0.3, -0.25) is 4.79 Å². The minimum Gasteiger partial charge on any atom is -0.316 e. The summed E-state index contributed by atoms with van der Waals surface area (Å²) >= 11 is 3.22. The van der Waals surface area contributed by atoms with E-state index >= 15 is 0 Å². The van der Waals surface area contributed by atoms with Crippen LogP contribution in [-0.4, -0.2) is 24.0 Å². The Balaban J connectivity index is 1.52. The molecule has 2 aromatic rings. The number of fused-ring (bicyclic) bond motifs is 1. The van der Waals surface area contributed by atoms with Crippen LogP contribution in [0.1, 0.15) is 19.3 Å². The zero-order valence-corrected chi connectivity index (χ0v) is 11.6. The molecule has 0 spiro atoms. The van der Waals surface area contributed by atoms with Gasteiger partial charge in [-0.1, -0.05) is 11.3 Å². The lowest BCUT2D eigenvalue weighted by molar-refractivity contribution is -0.116. The van der Waals surface area contributed by atoms with Crippen molar-refractivity contribution in [1.82, 2.24) is 10.3 Å². The molecule has 1 atom stereocenters. The molecule has 1 amide bonds. The first-order valence-electron chi connectivity index (χ1n) is 6.16. The number of amides is 1. The maximum absolute atomic E-state index is 11.8. The summed E-state index contributed by atoms with van der Waals surface area (Å²) in [6.45, 7) is 2.15. The number of thiazole rings is 1. The average Bonchev–Trinajstić information content (AvgIpc) is 3.01. The summed E-state index contributed by atoms with van der Waals surface area (Å²) in [6.07, 6.45) is 2.76. The van der Waals surface area contributed by atoms with Crippen LogP contribution in [0, 0.1) is 5.92 Å². The molecule has 4 nitrogen and oxygen atoms in total. The fourth-order valence-electron chi connectivity index (χ4n) is 2.20. The van der Waals surface area contributed by atoms with E-state index < -0.39 is 0 Å². The number of hydrogen-bond acceptors (Lipinski definition) is 5. The van der Waals surface area contributed by atoms with Crippen molar-refractivity contribution in [2.45, 2.75) is 19.3 Å². The smallest absolute Gasteiger partial charge is 0.226 e. The molecule has 0 saturated carbocycles. The number of aromatic nitrogens is 1. The summed E-state index contributed by atoms with van der Waals surface area (Å²) < 4.78 is 1.17. The summed E-state index contributed by atoms with van der Waals surface area (Å²) in [6, 6.07) is 1.98. The second-order valence-corrected chi connectivity index (χ2v) is 6.73. The number of rotatable bonds is 4. The molecule has 3 heterocycles. The number of hydrogen-bond donors (Lipinski definition) is 2. The molecule has 2 aromatic heterocycles. The fraction of sp³-hybridized carbons (Fsp3) is 0.500. The van der Waals surface area contributed by atoms with Crippen LogP contribution in [0.5, 0.6) is 0 Å². The molecule has 0 radical (unpaired) electrons. The van der Waals surface area contributed by atoms with Crippen molar-refractivity contribution < 1.29 is 4.79 Å². The highest BCUT2D eigenvalue weighted by Crippen LogP contribution is 2.30. The minimum atomic E-state index is 0.0864. The highest BCUT2D eigenvalue weighted by Gasteiger charge is 2.16. The van der Waals surface area contributed by atoms with Gasteiger partial charge in [0.05, 0.1) is 5.52 Å². The Bertz CT molecular complexity index is 514. The van der Waals surface area contributed by atoms with E-state index in [0.717, 1.165) is 30.2 Å². The Labute approximate surface area is 113 Å². The van der Waals surface area contributed by atoms with Crippen LogP contribution >= 0.6 is 22.7 Å². The van der Waals surface area contributed by atoms with Crippen LogP contribution in [0.25, 0.3) is 9.53 Å². The molecular formula is C12H15N3OS2. The van der Waals surface area contributed by atoms with Gasteiger partial charge in [-0.15, -0.1) is 11.3 Å². The molecule has 0 aromatic carbocycles. The number of carbonyl (C=O) groups is 1. The van der Waals surface area contributed by atoms with Crippen molar-refractivity contribution in [3.8, 4) is 0 Å². The molecule has 0 aliphatic carbocycles. The van der Waals surface area contributed by atoms with Gasteiger partial charge in [-0.2, -0.15) is 0 Å². The first-order valence-corrected chi connectivity index (χ1v) is 7.85. The van der Waals surface area contributed by atoms with Crippen LogP contribution in [0.3, 0.4) is 0 Å². The minimum absolute atomic E-state index is 0.0864. The fourth-order valence-corrected chi connectivity index (χ4v) is 4.05. The molecule has 1 fully saturated rings. The third kappa shape index (κ3) is 2.71. The topological polar surface area (TPSA) is 54.0 Å². The standard InChI is InChI=1S/C12H15N3OS2/c16-10(2-1-8-3-5-13-7-8)15-12-14-9-4-6-17-11(9)18-12/h4,6,8,13H,1-3,5,7H2,(H,14,15,16). The molecule has 1 aliphatic heterocycles. The van der Waals surface area contributed by atoms with E-state index in [9.17, 15) is 4.79 Å². The zero-order valence-electron chi connectivity index (χ0n) is 9.94. The van der Waals surface area contributed by atoms with Gasteiger partial charge in [-0.05, 0) is 43.3 Å². The number of nitrogens with zero attached hydrogens (tertiary/aromatic N) is 1. The molecule has 1 saturated heterocycles. The van der Waals surface area contributed by atoms with Gasteiger partial charge in [-0.25, -0.2) is 4.98 Å². The molecule has 96 valence electrons. The second kappa shape index (κ2) is 5.34. The van der Waals surface area contributed by atoms with Crippen LogP contribution < -0.4 is 10.6 Å². The third-order valence-electron chi connectivity index (χ3n) is 3.21. The van der Waals surface area contributed by atoms with E-state index in [-0.39, 0.29) is 5.91 Å². The van der Waals surface area contributed by atoms with E-state index in [1.807, 2.05) is 11.4 Å². The van der Waals surface area contributed by atoms with Gasteiger partial charge in [0.1, 0.15) is 4.01 Å². The van der Waals surface area contributed by atoms with Crippen molar-refractivity contribution in [2.24, 2.45) is 5.92 Å². The van der Waals surface area contributed by atoms with Crippen LogP contribution in [0.15, 0.2) is 11.4 Å². The number of nitrogens with one attached hydrogen (secondary N) is 2. The molecule has 18 heavy (non-hydrogen) atoms. The molecule has 1 aliphatic rings. The molecular weight excluding hydrogens is 266 g/mol. The predicted octanol–water partition coefficient (Wildman–Crippen LogP) is 2.69. The SMILES string of the molecule is O=C(CCC1CCNC1)Nc1nc2ccsc2s1. The van der Waals surface area contributed by atoms with Gasteiger partial charge in [0.15, 0.2) is 5.13 Å². The lowest BCUT2D eigenvalue weighted by Crippen LogP contribution is -2.14. The van der Waals surface area contributed by atoms with E-state index in [1.165, 1.54) is 10.4 Å².